The third kappa shape index (κ3) is 3.10. The number of benzene rings is 1. The van der Waals surface area contributed by atoms with E-state index in [1.54, 1.807) is 0 Å². The molecule has 2 aliphatic heterocycles. The Balaban J connectivity index is 1.56. The number of hydrogen-bond donors (Lipinski definition) is 1. The van der Waals surface area contributed by atoms with Gasteiger partial charge in [0.15, 0.2) is 0 Å². The zero-order valence-corrected chi connectivity index (χ0v) is 11.3. The predicted molar refractivity (Wildman–Crippen MR) is 73.4 cm³/mol. The molecule has 1 aromatic carbocycles. The molecule has 0 spiro atoms. The van der Waals surface area contributed by atoms with Gasteiger partial charge in [-0.15, -0.1) is 0 Å². The fourth-order valence-corrected chi connectivity index (χ4v) is 2.96. The Kier molecular flexibility index (Phi) is 4.04. The Morgan fingerprint density at radius 2 is 2.21 bits per heavy atom. The van der Waals surface area contributed by atoms with E-state index >= 15 is 0 Å². The summed E-state index contributed by atoms with van der Waals surface area (Å²) >= 11 is 0. The van der Waals surface area contributed by atoms with Crippen molar-refractivity contribution in [2.75, 3.05) is 13.2 Å². The summed E-state index contributed by atoms with van der Waals surface area (Å²) in [5.41, 5.74) is 2.24. The summed E-state index contributed by atoms with van der Waals surface area (Å²) in [6.07, 6.45) is 6.25. The molecule has 1 N–H and O–H groups in total. The van der Waals surface area contributed by atoms with Gasteiger partial charge < -0.3 is 14.6 Å². The van der Waals surface area contributed by atoms with Crippen molar-refractivity contribution in [1.29, 1.82) is 0 Å². The molecule has 3 rings (SSSR count). The first-order chi connectivity index (χ1) is 9.33. The number of ether oxygens (including phenoxy) is 2. The van der Waals surface area contributed by atoms with E-state index in [-0.39, 0.29) is 6.10 Å². The van der Waals surface area contributed by atoms with Gasteiger partial charge in [-0.3, -0.25) is 0 Å². The van der Waals surface area contributed by atoms with Crippen LogP contribution in [0.5, 0.6) is 5.75 Å². The van der Waals surface area contributed by atoms with Crippen LogP contribution in [0.3, 0.4) is 0 Å². The first kappa shape index (κ1) is 12.9. The largest absolute Gasteiger partial charge is 0.493 e. The molecule has 2 aliphatic rings. The molecule has 0 amide bonds. The molecule has 0 aliphatic carbocycles. The summed E-state index contributed by atoms with van der Waals surface area (Å²) in [6, 6.07) is 6.06. The monoisotopic (exact) mass is 262 g/mol. The molecule has 0 bridgehead atoms. The van der Waals surface area contributed by atoms with Crippen molar-refractivity contribution < 1.29 is 14.6 Å². The van der Waals surface area contributed by atoms with Crippen molar-refractivity contribution in [3.8, 4) is 5.75 Å². The topological polar surface area (TPSA) is 38.7 Å². The summed E-state index contributed by atoms with van der Waals surface area (Å²) in [4.78, 5) is 0. The van der Waals surface area contributed by atoms with E-state index in [2.05, 4.69) is 6.07 Å². The lowest BCUT2D eigenvalue weighted by atomic mass is 9.97. The van der Waals surface area contributed by atoms with Gasteiger partial charge >= 0.3 is 0 Å². The van der Waals surface area contributed by atoms with Crippen LogP contribution in [0, 0.1) is 0 Å². The second-order valence-electron chi connectivity index (χ2n) is 5.55. The lowest BCUT2D eigenvalue weighted by Crippen LogP contribution is -2.19. The summed E-state index contributed by atoms with van der Waals surface area (Å²) < 4.78 is 11.2. The maximum atomic E-state index is 10.3. The number of aliphatic hydroxyl groups excluding tert-OH is 1. The minimum Gasteiger partial charge on any atom is -0.493 e. The van der Waals surface area contributed by atoms with E-state index in [0.29, 0.717) is 6.10 Å². The van der Waals surface area contributed by atoms with Crippen LogP contribution >= 0.6 is 0 Å². The molecular formula is C16H22O3. The van der Waals surface area contributed by atoms with Gasteiger partial charge in [0.25, 0.3) is 0 Å². The standard InChI is InChI=1S/C16H22O3/c17-15(6-5-14-3-1-2-9-18-14)12-4-7-16-13(11-12)8-10-19-16/h4,7,11,14-15,17H,1-3,5-6,8-10H2. The minimum atomic E-state index is -0.378. The van der Waals surface area contributed by atoms with Crippen LogP contribution in [0.2, 0.25) is 0 Å². The molecule has 1 fully saturated rings. The molecular weight excluding hydrogens is 240 g/mol. The molecule has 19 heavy (non-hydrogen) atoms. The highest BCUT2D eigenvalue weighted by Gasteiger charge is 2.18. The Hall–Kier alpha value is -1.06. The Morgan fingerprint density at radius 1 is 1.26 bits per heavy atom. The third-order valence-electron chi connectivity index (χ3n) is 4.13. The number of aliphatic hydroxyl groups is 1. The van der Waals surface area contributed by atoms with Gasteiger partial charge in [0.05, 0.1) is 18.8 Å². The number of fused-ring (bicyclic) bond motifs is 1. The fraction of sp³-hybridized carbons (Fsp3) is 0.625. The van der Waals surface area contributed by atoms with Gasteiger partial charge in [-0.05, 0) is 55.4 Å². The second kappa shape index (κ2) is 5.93. The van der Waals surface area contributed by atoms with E-state index in [1.165, 1.54) is 18.4 Å². The molecule has 0 radical (unpaired) electrons. The van der Waals surface area contributed by atoms with Gasteiger partial charge in [0.1, 0.15) is 5.75 Å². The average Bonchev–Trinajstić information content (AvgIpc) is 2.93. The molecule has 1 saturated heterocycles. The average molecular weight is 262 g/mol. The maximum Gasteiger partial charge on any atom is 0.122 e. The molecule has 3 nitrogen and oxygen atoms in total. The number of rotatable bonds is 4. The van der Waals surface area contributed by atoms with E-state index in [4.69, 9.17) is 9.47 Å². The van der Waals surface area contributed by atoms with E-state index < -0.39 is 0 Å². The molecule has 2 unspecified atom stereocenters. The van der Waals surface area contributed by atoms with Crippen LogP contribution in [-0.2, 0) is 11.2 Å². The highest BCUT2D eigenvalue weighted by atomic mass is 16.5. The SMILES string of the molecule is OC(CCC1CCCCO1)c1ccc2c(c1)CCO2. The van der Waals surface area contributed by atoms with Crippen LogP contribution in [0.25, 0.3) is 0 Å². The van der Waals surface area contributed by atoms with Crippen molar-refractivity contribution in [2.24, 2.45) is 0 Å². The lowest BCUT2D eigenvalue weighted by molar-refractivity contribution is 0.00213. The van der Waals surface area contributed by atoms with Crippen LogP contribution in [0.15, 0.2) is 18.2 Å². The van der Waals surface area contributed by atoms with Crippen molar-refractivity contribution in [2.45, 2.75) is 50.7 Å². The van der Waals surface area contributed by atoms with E-state index in [0.717, 1.165) is 50.2 Å². The number of hydrogen-bond acceptors (Lipinski definition) is 3. The maximum absolute atomic E-state index is 10.3. The molecule has 104 valence electrons. The quantitative estimate of drug-likeness (QED) is 0.906. The van der Waals surface area contributed by atoms with Crippen LogP contribution in [0.1, 0.15) is 49.3 Å². The summed E-state index contributed by atoms with van der Waals surface area (Å²) in [7, 11) is 0. The van der Waals surface area contributed by atoms with Crippen molar-refractivity contribution in [1.82, 2.24) is 0 Å². The first-order valence-electron chi connectivity index (χ1n) is 7.38. The van der Waals surface area contributed by atoms with Crippen molar-refractivity contribution >= 4 is 0 Å². The van der Waals surface area contributed by atoms with Crippen LogP contribution < -0.4 is 4.74 Å². The van der Waals surface area contributed by atoms with Gasteiger partial charge in [0.2, 0.25) is 0 Å². The molecule has 3 heteroatoms. The fourth-order valence-electron chi connectivity index (χ4n) is 2.96. The third-order valence-corrected chi connectivity index (χ3v) is 4.13. The van der Waals surface area contributed by atoms with Gasteiger partial charge in [0, 0.05) is 13.0 Å². The van der Waals surface area contributed by atoms with E-state index in [9.17, 15) is 5.11 Å². The predicted octanol–water partition coefficient (Wildman–Crippen LogP) is 3.00. The molecule has 0 saturated carbocycles. The molecule has 2 atom stereocenters. The molecule has 2 heterocycles. The van der Waals surface area contributed by atoms with Crippen LogP contribution in [0.4, 0.5) is 0 Å². The lowest BCUT2D eigenvalue weighted by Gasteiger charge is -2.23. The summed E-state index contributed by atoms with van der Waals surface area (Å²) in [6.45, 7) is 1.65. The zero-order valence-electron chi connectivity index (χ0n) is 11.3. The Bertz CT molecular complexity index is 424. The highest BCUT2D eigenvalue weighted by Crippen LogP contribution is 2.30. The smallest absolute Gasteiger partial charge is 0.122 e. The van der Waals surface area contributed by atoms with Crippen LogP contribution in [-0.4, -0.2) is 24.4 Å². The highest BCUT2D eigenvalue weighted by molar-refractivity contribution is 5.40. The second-order valence-corrected chi connectivity index (χ2v) is 5.55. The Morgan fingerprint density at radius 3 is 3.05 bits per heavy atom. The first-order valence-corrected chi connectivity index (χ1v) is 7.38. The van der Waals surface area contributed by atoms with Gasteiger partial charge in [-0.25, -0.2) is 0 Å². The van der Waals surface area contributed by atoms with Crippen molar-refractivity contribution in [3.05, 3.63) is 29.3 Å². The summed E-state index contributed by atoms with van der Waals surface area (Å²) in [5.74, 6) is 0.978. The Labute approximate surface area is 114 Å². The minimum absolute atomic E-state index is 0.348. The molecule has 1 aromatic rings. The molecule has 0 aromatic heterocycles. The normalized spacial score (nSPS) is 23.7. The van der Waals surface area contributed by atoms with Gasteiger partial charge in [-0.2, -0.15) is 0 Å². The van der Waals surface area contributed by atoms with E-state index in [1.807, 2.05) is 12.1 Å². The van der Waals surface area contributed by atoms with Crippen molar-refractivity contribution in [3.63, 3.8) is 0 Å². The summed E-state index contributed by atoms with van der Waals surface area (Å²) in [5, 5.41) is 10.3. The zero-order chi connectivity index (χ0) is 13.1. The van der Waals surface area contributed by atoms with Gasteiger partial charge in [-0.1, -0.05) is 6.07 Å².